The normalized spacial score (nSPS) is 24.0. The third-order valence-electron chi connectivity index (χ3n) is 7.79. The van der Waals surface area contributed by atoms with Crippen molar-refractivity contribution in [3.05, 3.63) is 41.5 Å². The fraction of sp³-hybridized carbons (Fsp3) is 0.615. The third-order valence-corrected chi connectivity index (χ3v) is 8.25. The zero-order valence-corrected chi connectivity index (χ0v) is 21.4. The molecule has 4 N–H and O–H groups in total. The molecule has 2 saturated carbocycles. The van der Waals surface area contributed by atoms with E-state index in [-0.39, 0.29) is 17.2 Å². The van der Waals surface area contributed by atoms with Crippen molar-refractivity contribution in [3.8, 4) is 5.75 Å². The maximum Gasteiger partial charge on any atom is 0.469 e. The highest BCUT2D eigenvalue weighted by Gasteiger charge is 2.38. The van der Waals surface area contributed by atoms with Crippen LogP contribution in [0.5, 0.6) is 5.75 Å². The quantitative estimate of drug-likeness (QED) is 0.347. The molecule has 2 aliphatic carbocycles. The molecule has 4 rings (SSSR count). The Kier molecular flexibility index (Phi) is 8.08. The summed E-state index contributed by atoms with van der Waals surface area (Å²) in [7, 11) is -4.74. The zero-order valence-electron chi connectivity index (χ0n) is 20.5. The van der Waals surface area contributed by atoms with E-state index in [1.807, 2.05) is 0 Å². The van der Waals surface area contributed by atoms with E-state index in [1.165, 1.54) is 63.3 Å². The number of alkyl halides is 3. The maximum atomic E-state index is 14.2. The summed E-state index contributed by atoms with van der Waals surface area (Å²) in [5, 5.41) is 0.299. The second-order valence-electron chi connectivity index (χ2n) is 10.6. The molecule has 0 saturated heterocycles. The molecule has 10 heteroatoms. The van der Waals surface area contributed by atoms with Crippen LogP contribution >= 0.6 is 7.82 Å². The van der Waals surface area contributed by atoms with Crippen LogP contribution in [0.25, 0.3) is 10.8 Å². The Morgan fingerprint density at radius 1 is 0.972 bits per heavy atom. The molecule has 2 aromatic carbocycles. The van der Waals surface area contributed by atoms with Crippen LogP contribution in [0, 0.1) is 11.8 Å². The molecule has 1 atom stereocenters. The molecular formula is C26H35F3NO5P. The molecule has 0 radical (unpaired) electrons. The number of halogens is 3. The van der Waals surface area contributed by atoms with Crippen LogP contribution in [0.3, 0.4) is 0 Å². The van der Waals surface area contributed by atoms with E-state index in [9.17, 15) is 17.7 Å². The highest BCUT2D eigenvalue weighted by molar-refractivity contribution is 7.46. The van der Waals surface area contributed by atoms with Gasteiger partial charge in [0.2, 0.25) is 0 Å². The van der Waals surface area contributed by atoms with Crippen LogP contribution in [0.2, 0.25) is 0 Å². The van der Waals surface area contributed by atoms with Gasteiger partial charge >= 0.3 is 14.0 Å². The van der Waals surface area contributed by atoms with Gasteiger partial charge in [0.15, 0.2) is 0 Å². The number of phosphoric acid groups is 1. The Morgan fingerprint density at radius 3 is 2.22 bits per heavy atom. The summed E-state index contributed by atoms with van der Waals surface area (Å²) in [6.45, 7) is 0.995. The van der Waals surface area contributed by atoms with Crippen LogP contribution in [-0.4, -0.2) is 22.5 Å². The molecule has 0 spiro atoms. The van der Waals surface area contributed by atoms with Gasteiger partial charge < -0.3 is 20.3 Å². The molecule has 0 aliphatic heterocycles. The predicted octanol–water partition coefficient (Wildman–Crippen LogP) is 6.66. The highest BCUT2D eigenvalue weighted by Crippen LogP contribution is 2.45. The molecule has 2 fully saturated rings. The number of rotatable bonds is 7. The minimum absolute atomic E-state index is 0.00801. The minimum atomic E-state index is -4.74. The molecule has 0 bridgehead atoms. The third kappa shape index (κ3) is 6.62. The van der Waals surface area contributed by atoms with Gasteiger partial charge in [0.25, 0.3) is 0 Å². The Morgan fingerprint density at radius 2 is 1.61 bits per heavy atom. The molecular weight excluding hydrogens is 494 g/mol. The van der Waals surface area contributed by atoms with Gasteiger partial charge in [-0.2, -0.15) is 13.2 Å². The van der Waals surface area contributed by atoms with Crippen molar-refractivity contribution in [3.63, 3.8) is 0 Å². The zero-order chi connectivity index (χ0) is 26.1. The molecule has 2 aliphatic rings. The number of hydrogen-bond donors (Lipinski definition) is 3. The van der Waals surface area contributed by atoms with Crippen molar-refractivity contribution in [1.82, 2.24) is 0 Å². The molecule has 0 heterocycles. The Bertz CT molecular complexity index is 1100. The molecule has 36 heavy (non-hydrogen) atoms. The topological polar surface area (TPSA) is 102 Å². The lowest BCUT2D eigenvalue weighted by Gasteiger charge is -2.36. The molecule has 2 aromatic rings. The monoisotopic (exact) mass is 529 g/mol. The molecule has 0 amide bonds. The van der Waals surface area contributed by atoms with E-state index in [2.05, 4.69) is 4.52 Å². The number of nitrogens with two attached hydrogens (primary N) is 1. The van der Waals surface area contributed by atoms with Gasteiger partial charge in [0, 0.05) is 0 Å². The molecule has 6 nitrogen and oxygen atoms in total. The van der Waals surface area contributed by atoms with Gasteiger partial charge in [-0.1, -0.05) is 50.3 Å². The van der Waals surface area contributed by atoms with E-state index in [0.717, 1.165) is 31.6 Å². The second kappa shape index (κ2) is 10.6. The Balaban J connectivity index is 1.54. The lowest BCUT2D eigenvalue weighted by atomic mass is 9.73. The van der Waals surface area contributed by atoms with Gasteiger partial charge in [-0.15, -0.1) is 0 Å². The number of fused-ring (bicyclic) bond motifs is 1. The SMILES string of the molecule is C[C@](N)(COP(=O)(O)O)c1ccc2c(C(F)(F)F)c(O[C@H]3CC[C@H](C4CCCCC4)CC3)ccc2c1. The summed E-state index contributed by atoms with van der Waals surface area (Å²) in [4.78, 5) is 17.9. The average Bonchev–Trinajstić information content (AvgIpc) is 2.82. The molecule has 200 valence electrons. The van der Waals surface area contributed by atoms with Gasteiger partial charge in [0.05, 0.1) is 18.2 Å². The van der Waals surface area contributed by atoms with Gasteiger partial charge in [-0.3, -0.25) is 4.52 Å². The summed E-state index contributed by atoms with van der Waals surface area (Å²) in [6.07, 6.45) is 5.10. The summed E-state index contributed by atoms with van der Waals surface area (Å²) >= 11 is 0. The van der Waals surface area contributed by atoms with Crippen molar-refractivity contribution in [2.45, 2.75) is 82.5 Å². The fourth-order valence-electron chi connectivity index (χ4n) is 5.82. The van der Waals surface area contributed by atoms with Gasteiger partial charge in [0.1, 0.15) is 11.3 Å². The second-order valence-corrected chi connectivity index (χ2v) is 11.8. The summed E-state index contributed by atoms with van der Waals surface area (Å²) in [5.74, 6) is 1.24. The van der Waals surface area contributed by atoms with Crippen molar-refractivity contribution in [2.75, 3.05) is 6.61 Å². The van der Waals surface area contributed by atoms with Gasteiger partial charge in [-0.05, 0) is 72.9 Å². The first-order valence-corrected chi connectivity index (χ1v) is 14.2. The smallest absolute Gasteiger partial charge is 0.469 e. The Labute approximate surface area is 209 Å². The summed E-state index contributed by atoms with van der Waals surface area (Å²) < 4.78 is 64.2. The van der Waals surface area contributed by atoms with Crippen LogP contribution < -0.4 is 10.5 Å². The van der Waals surface area contributed by atoms with E-state index in [4.69, 9.17) is 20.3 Å². The molecule has 0 aromatic heterocycles. The Hall–Kier alpha value is -1.64. The highest BCUT2D eigenvalue weighted by atomic mass is 31.2. The summed E-state index contributed by atoms with van der Waals surface area (Å²) in [5.41, 5.74) is 4.42. The van der Waals surface area contributed by atoms with Crippen molar-refractivity contribution < 1.29 is 36.8 Å². The van der Waals surface area contributed by atoms with E-state index < -0.39 is 31.7 Å². The predicted molar refractivity (Wildman–Crippen MR) is 131 cm³/mol. The van der Waals surface area contributed by atoms with E-state index in [0.29, 0.717) is 16.9 Å². The fourth-order valence-corrected chi connectivity index (χ4v) is 6.26. The van der Waals surface area contributed by atoms with Crippen molar-refractivity contribution in [2.24, 2.45) is 17.6 Å². The van der Waals surface area contributed by atoms with Gasteiger partial charge in [-0.25, -0.2) is 4.57 Å². The first kappa shape index (κ1) is 27.4. The number of benzene rings is 2. The number of hydrogen-bond acceptors (Lipinski definition) is 4. The lowest BCUT2D eigenvalue weighted by Crippen LogP contribution is -2.37. The lowest BCUT2D eigenvalue weighted by molar-refractivity contribution is -0.138. The minimum Gasteiger partial charge on any atom is -0.490 e. The van der Waals surface area contributed by atoms with E-state index in [1.54, 1.807) is 6.07 Å². The van der Waals surface area contributed by atoms with Crippen LogP contribution in [0.4, 0.5) is 13.2 Å². The van der Waals surface area contributed by atoms with Crippen LogP contribution in [0.1, 0.15) is 75.8 Å². The summed E-state index contributed by atoms with van der Waals surface area (Å²) in [6, 6.07) is 7.19. The van der Waals surface area contributed by atoms with E-state index >= 15 is 0 Å². The first-order valence-electron chi connectivity index (χ1n) is 12.6. The standard InChI is InChI=1S/C26H35F3NO5P/c1-25(30,16-34-36(31,32)33)20-10-13-22-19(15-20)9-14-23(24(22)26(27,28)29)35-21-11-7-18(8-12-21)17-5-3-2-4-6-17/h9-10,13-15,17-18,21H,2-8,11-12,16,30H2,1H3,(H2,31,32,33)/t18-,21-,25-/m0/s1. The maximum absolute atomic E-state index is 14.2. The molecule has 0 unspecified atom stereocenters. The first-order chi connectivity index (χ1) is 16.8. The number of phosphoric ester groups is 1. The van der Waals surface area contributed by atoms with Crippen molar-refractivity contribution >= 4 is 18.6 Å². The number of ether oxygens (including phenoxy) is 1. The van der Waals surface area contributed by atoms with Crippen molar-refractivity contribution in [1.29, 1.82) is 0 Å². The van der Waals surface area contributed by atoms with Crippen LogP contribution in [0.15, 0.2) is 30.3 Å². The largest absolute Gasteiger partial charge is 0.490 e. The van der Waals surface area contributed by atoms with Crippen LogP contribution in [-0.2, 0) is 20.8 Å². The average molecular weight is 530 g/mol.